The van der Waals surface area contributed by atoms with Crippen molar-refractivity contribution in [1.82, 2.24) is 4.72 Å². The zero-order valence-corrected chi connectivity index (χ0v) is 12.1. The van der Waals surface area contributed by atoms with Gasteiger partial charge in [0.15, 0.2) is 0 Å². The van der Waals surface area contributed by atoms with E-state index in [0.717, 1.165) is 12.8 Å². The Morgan fingerprint density at radius 3 is 2.68 bits per heavy atom. The molecule has 5 nitrogen and oxygen atoms in total. The molecule has 106 valence electrons. The summed E-state index contributed by atoms with van der Waals surface area (Å²) in [6.07, 6.45) is 1.27. The average Bonchev–Trinajstić information content (AvgIpc) is 3.16. The lowest BCUT2D eigenvalue weighted by atomic mass is 10.2. The van der Waals surface area contributed by atoms with Gasteiger partial charge in [-0.05, 0) is 43.4 Å². The molecule has 1 unspecified atom stereocenters. The van der Waals surface area contributed by atoms with Crippen LogP contribution in [0.3, 0.4) is 0 Å². The van der Waals surface area contributed by atoms with E-state index in [-0.39, 0.29) is 17.4 Å². The van der Waals surface area contributed by atoms with Crippen LogP contribution in [0.1, 0.15) is 18.4 Å². The molecule has 0 aromatic heterocycles. The van der Waals surface area contributed by atoms with E-state index < -0.39 is 16.1 Å². The van der Waals surface area contributed by atoms with Crippen LogP contribution >= 0.6 is 11.6 Å². The highest BCUT2D eigenvalue weighted by molar-refractivity contribution is 7.89. The number of rotatable bonds is 5. The highest BCUT2D eigenvalue weighted by Crippen LogP contribution is 2.32. The maximum Gasteiger partial charge on any atom is 0.240 e. The smallest absolute Gasteiger partial charge is 0.240 e. The van der Waals surface area contributed by atoms with E-state index >= 15 is 0 Å². The lowest BCUT2D eigenvalue weighted by Crippen LogP contribution is -2.33. The van der Waals surface area contributed by atoms with Crippen LogP contribution in [0.2, 0.25) is 5.02 Å². The van der Waals surface area contributed by atoms with Gasteiger partial charge in [-0.1, -0.05) is 11.6 Å². The Balaban J connectivity index is 2.14. The number of aliphatic hydroxyl groups is 1. The number of hydrogen-bond acceptors (Lipinski definition) is 4. The maximum absolute atomic E-state index is 12.1. The number of nitrogen functional groups attached to an aromatic ring is 1. The standard InChI is InChI=1S/C12H17ClN2O3S/c1-7-10(13)4-9(5-11(7)14)19(17,18)15-6-12(16)8-2-3-8/h4-5,8,12,15-16H,2-3,6,14H2,1H3. The van der Waals surface area contributed by atoms with Gasteiger partial charge in [0.05, 0.1) is 11.0 Å². The highest BCUT2D eigenvalue weighted by Gasteiger charge is 2.30. The summed E-state index contributed by atoms with van der Waals surface area (Å²) in [4.78, 5) is 0.0172. The van der Waals surface area contributed by atoms with Crippen LogP contribution in [-0.4, -0.2) is 26.2 Å². The topological polar surface area (TPSA) is 92.4 Å². The second-order valence-corrected chi connectivity index (χ2v) is 7.05. The van der Waals surface area contributed by atoms with E-state index in [1.807, 2.05) is 0 Å². The van der Waals surface area contributed by atoms with Crippen molar-refractivity contribution in [2.45, 2.75) is 30.8 Å². The first kappa shape index (κ1) is 14.6. The lowest BCUT2D eigenvalue weighted by molar-refractivity contribution is 0.155. The Hall–Kier alpha value is -0.820. The molecule has 1 atom stereocenters. The van der Waals surface area contributed by atoms with Crippen LogP contribution in [0.15, 0.2) is 17.0 Å². The minimum atomic E-state index is -3.70. The van der Waals surface area contributed by atoms with Crippen molar-refractivity contribution >= 4 is 27.3 Å². The second-order valence-electron chi connectivity index (χ2n) is 4.88. The Kier molecular flexibility index (Phi) is 4.06. The number of nitrogens with two attached hydrogens (primary N) is 1. The largest absolute Gasteiger partial charge is 0.398 e. The molecule has 0 radical (unpaired) electrons. The summed E-state index contributed by atoms with van der Waals surface area (Å²) in [5.41, 5.74) is 6.69. The number of sulfonamides is 1. The Morgan fingerprint density at radius 1 is 1.53 bits per heavy atom. The summed E-state index contributed by atoms with van der Waals surface area (Å²) in [5, 5.41) is 9.98. The lowest BCUT2D eigenvalue weighted by Gasteiger charge is -2.12. The molecule has 0 amide bonds. The summed E-state index contributed by atoms with van der Waals surface area (Å²) in [6, 6.07) is 2.73. The van der Waals surface area contributed by atoms with Gasteiger partial charge in [-0.25, -0.2) is 13.1 Å². The van der Waals surface area contributed by atoms with Gasteiger partial charge in [-0.2, -0.15) is 0 Å². The molecule has 1 aliphatic carbocycles. The molecule has 1 aliphatic rings. The minimum absolute atomic E-state index is 0.0123. The first-order valence-electron chi connectivity index (χ1n) is 6.04. The minimum Gasteiger partial charge on any atom is -0.398 e. The number of hydrogen-bond donors (Lipinski definition) is 3. The molecule has 1 saturated carbocycles. The molecule has 0 heterocycles. The molecule has 0 bridgehead atoms. The van der Waals surface area contributed by atoms with Crippen molar-refractivity contribution in [3.8, 4) is 0 Å². The van der Waals surface area contributed by atoms with E-state index in [4.69, 9.17) is 17.3 Å². The third-order valence-electron chi connectivity index (χ3n) is 3.32. The normalized spacial score (nSPS) is 17.4. The summed E-state index contributed by atoms with van der Waals surface area (Å²) in [5.74, 6) is 0.217. The Bertz CT molecular complexity index is 562. The molecule has 1 fully saturated rings. The fourth-order valence-corrected chi connectivity index (χ4v) is 3.16. The first-order chi connectivity index (χ1) is 8.81. The fourth-order valence-electron chi connectivity index (χ4n) is 1.76. The van der Waals surface area contributed by atoms with Gasteiger partial charge in [0.25, 0.3) is 0 Å². The first-order valence-corrected chi connectivity index (χ1v) is 7.90. The van der Waals surface area contributed by atoms with Crippen LogP contribution in [0.5, 0.6) is 0 Å². The van der Waals surface area contributed by atoms with Crippen LogP contribution < -0.4 is 10.5 Å². The predicted molar refractivity (Wildman–Crippen MR) is 74.5 cm³/mol. The van der Waals surface area contributed by atoms with Crippen molar-refractivity contribution in [2.24, 2.45) is 5.92 Å². The third-order valence-corrected chi connectivity index (χ3v) is 5.11. The molecule has 1 aromatic rings. The summed E-state index contributed by atoms with van der Waals surface area (Å²) in [7, 11) is -3.70. The van der Waals surface area contributed by atoms with Gasteiger partial charge in [0, 0.05) is 17.3 Å². The monoisotopic (exact) mass is 304 g/mol. The van der Waals surface area contributed by atoms with E-state index in [0.29, 0.717) is 16.3 Å². The number of benzene rings is 1. The molecule has 7 heteroatoms. The van der Waals surface area contributed by atoms with Crippen LogP contribution in [0.4, 0.5) is 5.69 Å². The zero-order chi connectivity index (χ0) is 14.2. The van der Waals surface area contributed by atoms with Gasteiger partial charge in [0.2, 0.25) is 10.0 Å². The summed E-state index contributed by atoms with van der Waals surface area (Å²) >= 11 is 5.93. The van der Waals surface area contributed by atoms with Gasteiger partial charge >= 0.3 is 0 Å². The van der Waals surface area contributed by atoms with Gasteiger partial charge in [0.1, 0.15) is 0 Å². The van der Waals surface area contributed by atoms with Crippen molar-refractivity contribution < 1.29 is 13.5 Å². The van der Waals surface area contributed by atoms with Crippen molar-refractivity contribution in [1.29, 1.82) is 0 Å². The van der Waals surface area contributed by atoms with Crippen LogP contribution in [0.25, 0.3) is 0 Å². The molecule has 4 N–H and O–H groups in total. The second kappa shape index (κ2) is 5.28. The van der Waals surface area contributed by atoms with Crippen LogP contribution in [0, 0.1) is 12.8 Å². The van der Waals surface area contributed by atoms with Gasteiger partial charge in [-0.3, -0.25) is 0 Å². The summed E-state index contributed by atoms with van der Waals surface area (Å²) < 4.78 is 26.5. The molecule has 0 spiro atoms. The van der Waals surface area contributed by atoms with E-state index in [9.17, 15) is 13.5 Å². The van der Waals surface area contributed by atoms with E-state index in [1.54, 1.807) is 6.92 Å². The van der Waals surface area contributed by atoms with Crippen molar-refractivity contribution in [2.75, 3.05) is 12.3 Å². The maximum atomic E-state index is 12.1. The number of halogens is 1. The molecule has 1 aromatic carbocycles. The predicted octanol–water partition coefficient (Wildman–Crippen LogP) is 1.28. The van der Waals surface area contributed by atoms with Gasteiger partial charge in [-0.15, -0.1) is 0 Å². The summed E-state index contributed by atoms with van der Waals surface area (Å²) in [6.45, 7) is 1.73. The quantitative estimate of drug-likeness (QED) is 0.715. The Labute approximate surface area is 117 Å². The Morgan fingerprint density at radius 2 is 2.16 bits per heavy atom. The van der Waals surface area contributed by atoms with Crippen molar-refractivity contribution in [3.05, 3.63) is 22.7 Å². The number of nitrogens with one attached hydrogen (secondary N) is 1. The van der Waals surface area contributed by atoms with Gasteiger partial charge < -0.3 is 10.8 Å². The number of aliphatic hydroxyl groups excluding tert-OH is 1. The van der Waals surface area contributed by atoms with Crippen molar-refractivity contribution in [3.63, 3.8) is 0 Å². The molecule has 19 heavy (non-hydrogen) atoms. The van der Waals surface area contributed by atoms with Crippen LogP contribution in [-0.2, 0) is 10.0 Å². The average molecular weight is 305 g/mol. The van der Waals surface area contributed by atoms with E-state index in [1.165, 1.54) is 12.1 Å². The molecule has 2 rings (SSSR count). The molecular weight excluding hydrogens is 288 g/mol. The SMILES string of the molecule is Cc1c(N)cc(S(=O)(=O)NCC(O)C2CC2)cc1Cl. The zero-order valence-electron chi connectivity index (χ0n) is 10.6. The molecule has 0 aliphatic heterocycles. The molecular formula is C12H17ClN2O3S. The van der Waals surface area contributed by atoms with E-state index in [2.05, 4.69) is 4.72 Å². The highest BCUT2D eigenvalue weighted by atomic mass is 35.5. The number of anilines is 1. The fraction of sp³-hybridized carbons (Fsp3) is 0.500. The molecule has 0 saturated heterocycles. The third kappa shape index (κ3) is 3.39.